The van der Waals surface area contributed by atoms with Gasteiger partial charge in [0.25, 0.3) is 0 Å². The molecule has 0 radical (unpaired) electrons. The zero-order chi connectivity index (χ0) is 15.5. The fraction of sp³-hybridized carbons (Fsp3) is 0.118. The van der Waals surface area contributed by atoms with Crippen molar-refractivity contribution in [2.24, 2.45) is 0 Å². The zero-order valence-corrected chi connectivity index (χ0v) is 13.0. The summed E-state index contributed by atoms with van der Waals surface area (Å²) >= 11 is 12.1. The highest BCUT2D eigenvalue weighted by Crippen LogP contribution is 2.32. The lowest BCUT2D eigenvalue weighted by Gasteiger charge is -2.25. The van der Waals surface area contributed by atoms with Crippen molar-refractivity contribution in [2.75, 3.05) is 5.32 Å². The molecule has 2 atom stereocenters. The van der Waals surface area contributed by atoms with Gasteiger partial charge in [0.15, 0.2) is 0 Å². The third-order valence-electron chi connectivity index (χ3n) is 3.40. The number of esters is 1. The zero-order valence-electron chi connectivity index (χ0n) is 11.5. The first-order valence-electron chi connectivity index (χ1n) is 6.79. The van der Waals surface area contributed by atoms with E-state index < -0.39 is 0 Å². The van der Waals surface area contributed by atoms with E-state index in [1.54, 1.807) is 24.3 Å². The van der Waals surface area contributed by atoms with Crippen molar-refractivity contribution in [3.8, 4) is 0 Å². The number of ether oxygens (including phenoxy) is 1. The van der Waals surface area contributed by atoms with Crippen molar-refractivity contribution in [1.29, 1.82) is 0 Å². The van der Waals surface area contributed by atoms with E-state index in [2.05, 4.69) is 5.32 Å². The number of cyclic esters (lactones) is 1. The predicted octanol–water partition coefficient (Wildman–Crippen LogP) is 4.63. The Labute approximate surface area is 138 Å². The van der Waals surface area contributed by atoms with Crippen LogP contribution in [0.15, 0.2) is 60.7 Å². The normalized spacial score (nSPS) is 18.1. The highest BCUT2D eigenvalue weighted by atomic mass is 35.5. The van der Waals surface area contributed by atoms with E-state index in [-0.39, 0.29) is 18.1 Å². The number of halogens is 2. The fourth-order valence-electron chi connectivity index (χ4n) is 2.35. The van der Waals surface area contributed by atoms with Crippen LogP contribution >= 0.6 is 23.2 Å². The van der Waals surface area contributed by atoms with Crippen LogP contribution in [0.2, 0.25) is 10.0 Å². The van der Waals surface area contributed by atoms with Gasteiger partial charge in [0.2, 0.25) is 0 Å². The second-order valence-electron chi connectivity index (χ2n) is 4.92. The van der Waals surface area contributed by atoms with Crippen LogP contribution in [-0.4, -0.2) is 12.1 Å². The van der Waals surface area contributed by atoms with Crippen molar-refractivity contribution in [3.63, 3.8) is 0 Å². The molecule has 1 aliphatic rings. The standard InChI is InChI=1S/C17H13Cl2NO2/c18-12-6-7-14(13(19)10-12)20-17(11-4-2-1-3-5-11)15-8-9-16(21)22-15/h1-10,15,17,20H/t15-,17+/m0/s1. The molecule has 1 aliphatic heterocycles. The molecule has 112 valence electrons. The van der Waals surface area contributed by atoms with E-state index in [1.807, 2.05) is 30.3 Å². The maximum atomic E-state index is 11.4. The lowest BCUT2D eigenvalue weighted by molar-refractivity contribution is -0.139. The van der Waals surface area contributed by atoms with Crippen LogP contribution in [0.4, 0.5) is 5.69 Å². The van der Waals surface area contributed by atoms with Crippen LogP contribution in [0.1, 0.15) is 11.6 Å². The van der Waals surface area contributed by atoms with Gasteiger partial charge < -0.3 is 10.1 Å². The minimum Gasteiger partial charge on any atom is -0.452 e. The summed E-state index contributed by atoms with van der Waals surface area (Å²) in [6.45, 7) is 0. The van der Waals surface area contributed by atoms with Crippen molar-refractivity contribution in [2.45, 2.75) is 12.1 Å². The molecule has 0 aliphatic carbocycles. The van der Waals surface area contributed by atoms with Gasteiger partial charge in [-0.2, -0.15) is 0 Å². The molecule has 0 spiro atoms. The summed E-state index contributed by atoms with van der Waals surface area (Å²) in [5.41, 5.74) is 1.73. The molecule has 0 aromatic heterocycles. The maximum Gasteiger partial charge on any atom is 0.331 e. The smallest absolute Gasteiger partial charge is 0.331 e. The van der Waals surface area contributed by atoms with E-state index in [9.17, 15) is 4.79 Å². The molecular weight excluding hydrogens is 321 g/mol. The molecule has 3 nitrogen and oxygen atoms in total. The molecule has 22 heavy (non-hydrogen) atoms. The Hall–Kier alpha value is -1.97. The quantitative estimate of drug-likeness (QED) is 0.829. The highest BCUT2D eigenvalue weighted by molar-refractivity contribution is 6.36. The minimum absolute atomic E-state index is 0.234. The molecule has 0 saturated carbocycles. The number of anilines is 1. The van der Waals surface area contributed by atoms with Gasteiger partial charge in [0.05, 0.1) is 16.8 Å². The van der Waals surface area contributed by atoms with Gasteiger partial charge in [0.1, 0.15) is 6.10 Å². The molecule has 2 aromatic rings. The fourth-order valence-corrected chi connectivity index (χ4v) is 2.82. The Bertz CT molecular complexity index is 716. The first-order valence-corrected chi connectivity index (χ1v) is 7.54. The van der Waals surface area contributed by atoms with Gasteiger partial charge in [-0.15, -0.1) is 0 Å². The number of carbonyl (C=O) groups excluding carboxylic acids is 1. The summed E-state index contributed by atoms with van der Waals surface area (Å²) in [4.78, 5) is 11.4. The second-order valence-corrected chi connectivity index (χ2v) is 5.76. The first kappa shape index (κ1) is 14.9. The van der Waals surface area contributed by atoms with Gasteiger partial charge in [-0.1, -0.05) is 53.5 Å². The molecule has 3 rings (SSSR count). The summed E-state index contributed by atoms with van der Waals surface area (Å²) in [6.07, 6.45) is 2.80. The summed E-state index contributed by atoms with van der Waals surface area (Å²) in [6, 6.07) is 14.8. The van der Waals surface area contributed by atoms with Crippen LogP contribution in [0.3, 0.4) is 0 Å². The van der Waals surface area contributed by atoms with Crippen molar-refractivity contribution in [3.05, 3.63) is 76.3 Å². The topological polar surface area (TPSA) is 38.3 Å². The molecule has 1 heterocycles. The molecule has 5 heteroatoms. The first-order chi connectivity index (χ1) is 10.6. The third-order valence-corrected chi connectivity index (χ3v) is 3.95. The summed E-state index contributed by atoms with van der Waals surface area (Å²) in [7, 11) is 0. The van der Waals surface area contributed by atoms with Crippen LogP contribution in [0.25, 0.3) is 0 Å². The van der Waals surface area contributed by atoms with Crippen LogP contribution in [0, 0.1) is 0 Å². The Morgan fingerprint density at radius 3 is 2.50 bits per heavy atom. The van der Waals surface area contributed by atoms with E-state index in [0.29, 0.717) is 10.0 Å². The minimum atomic E-state index is -0.387. The number of benzene rings is 2. The average Bonchev–Trinajstić information content (AvgIpc) is 2.94. The van der Waals surface area contributed by atoms with Crippen molar-refractivity contribution in [1.82, 2.24) is 0 Å². The van der Waals surface area contributed by atoms with Crippen molar-refractivity contribution < 1.29 is 9.53 Å². The lowest BCUT2D eigenvalue weighted by atomic mass is 10.0. The molecule has 1 N–H and O–H groups in total. The van der Waals surface area contributed by atoms with Crippen LogP contribution < -0.4 is 5.32 Å². The largest absolute Gasteiger partial charge is 0.452 e. The number of carbonyl (C=O) groups is 1. The predicted molar refractivity (Wildman–Crippen MR) is 88.3 cm³/mol. The van der Waals surface area contributed by atoms with Gasteiger partial charge in [0, 0.05) is 11.1 Å². The molecular formula is C17H13Cl2NO2. The number of hydrogen-bond donors (Lipinski definition) is 1. The Morgan fingerprint density at radius 1 is 1.09 bits per heavy atom. The van der Waals surface area contributed by atoms with E-state index in [1.165, 1.54) is 6.08 Å². The SMILES string of the molecule is O=C1C=C[C@@H]([C@H](Nc2ccc(Cl)cc2Cl)c2ccccc2)O1. The monoisotopic (exact) mass is 333 g/mol. The lowest BCUT2D eigenvalue weighted by Crippen LogP contribution is -2.25. The average molecular weight is 334 g/mol. The summed E-state index contributed by atoms with van der Waals surface area (Å²) < 4.78 is 5.33. The maximum absolute atomic E-state index is 11.4. The number of nitrogens with one attached hydrogen (secondary N) is 1. The third kappa shape index (κ3) is 3.26. The second kappa shape index (κ2) is 6.42. The Kier molecular flexibility index (Phi) is 4.36. The van der Waals surface area contributed by atoms with Crippen LogP contribution in [0.5, 0.6) is 0 Å². The molecule has 0 amide bonds. The highest BCUT2D eigenvalue weighted by Gasteiger charge is 2.28. The van der Waals surface area contributed by atoms with Gasteiger partial charge in [-0.25, -0.2) is 4.79 Å². The molecule has 0 fully saturated rings. The molecule has 2 aromatic carbocycles. The van der Waals surface area contributed by atoms with Crippen LogP contribution in [-0.2, 0) is 9.53 Å². The summed E-state index contributed by atoms with van der Waals surface area (Å²) in [5.74, 6) is -0.338. The van der Waals surface area contributed by atoms with E-state index >= 15 is 0 Å². The van der Waals surface area contributed by atoms with Gasteiger partial charge >= 0.3 is 5.97 Å². The van der Waals surface area contributed by atoms with Gasteiger partial charge in [-0.05, 0) is 29.8 Å². The molecule has 0 unspecified atom stereocenters. The van der Waals surface area contributed by atoms with E-state index in [4.69, 9.17) is 27.9 Å². The molecule has 0 saturated heterocycles. The number of hydrogen-bond acceptors (Lipinski definition) is 3. The van der Waals surface area contributed by atoms with Crippen molar-refractivity contribution >= 4 is 34.9 Å². The Morgan fingerprint density at radius 2 is 1.86 bits per heavy atom. The van der Waals surface area contributed by atoms with Gasteiger partial charge in [-0.3, -0.25) is 0 Å². The molecule has 0 bridgehead atoms. The Balaban J connectivity index is 1.92. The number of rotatable bonds is 4. The van der Waals surface area contributed by atoms with E-state index in [0.717, 1.165) is 11.3 Å². The summed E-state index contributed by atoms with van der Waals surface area (Å²) in [5, 5.41) is 4.42.